The molecule has 0 amide bonds. The minimum atomic E-state index is -4.62. The quantitative estimate of drug-likeness (QED) is 0.593. The summed E-state index contributed by atoms with van der Waals surface area (Å²) in [4.78, 5) is 7.82. The van der Waals surface area contributed by atoms with Gasteiger partial charge in [-0.3, -0.25) is 4.57 Å². The second-order valence-electron chi connectivity index (χ2n) is 5.84. The van der Waals surface area contributed by atoms with Gasteiger partial charge in [0.15, 0.2) is 6.61 Å². The molecule has 2 heterocycles. The average molecular weight is 467 g/mol. The van der Waals surface area contributed by atoms with E-state index in [1.165, 1.54) is 22.8 Å². The number of nitrogens with zero attached hydrogens (tertiary/aromatic N) is 3. The molecule has 0 saturated heterocycles. The van der Waals surface area contributed by atoms with Crippen LogP contribution < -0.4 is 19.3 Å². The third-order valence-electron chi connectivity index (χ3n) is 3.81. The fraction of sp³-hybridized carbons (Fsp3) is 0.250. The molecule has 0 fully saturated rings. The molecule has 14 heteroatoms. The molecule has 3 aromatic rings. The molecule has 0 unspecified atom stereocenters. The minimum Gasteiger partial charge on any atom is -0.478 e. The van der Waals surface area contributed by atoms with Gasteiger partial charge in [-0.25, -0.2) is 13.6 Å². The van der Waals surface area contributed by atoms with Crippen LogP contribution in [0.15, 0.2) is 29.3 Å². The van der Waals surface area contributed by atoms with Gasteiger partial charge >= 0.3 is 6.18 Å². The predicted octanol–water partition coefficient (Wildman–Crippen LogP) is 2.68. The van der Waals surface area contributed by atoms with Crippen molar-refractivity contribution in [2.45, 2.75) is 11.1 Å². The highest BCUT2D eigenvalue weighted by atomic mass is 35.5. The molecular weight excluding hydrogens is 453 g/mol. The second kappa shape index (κ2) is 7.81. The number of hydrogen-bond acceptors (Lipinski definition) is 7. The molecule has 0 saturated carbocycles. The predicted molar refractivity (Wildman–Crippen MR) is 99.9 cm³/mol. The van der Waals surface area contributed by atoms with Crippen molar-refractivity contribution in [2.75, 3.05) is 20.8 Å². The highest BCUT2D eigenvalue weighted by Crippen LogP contribution is 2.37. The molecule has 30 heavy (non-hydrogen) atoms. The van der Waals surface area contributed by atoms with Gasteiger partial charge < -0.3 is 14.2 Å². The molecule has 0 atom stereocenters. The van der Waals surface area contributed by atoms with Crippen LogP contribution in [0, 0.1) is 0 Å². The van der Waals surface area contributed by atoms with Crippen LogP contribution in [-0.4, -0.2) is 50.0 Å². The maximum absolute atomic E-state index is 12.6. The van der Waals surface area contributed by atoms with Gasteiger partial charge in [0, 0.05) is 16.6 Å². The molecule has 1 aromatic carbocycles. The molecule has 162 valence electrons. The summed E-state index contributed by atoms with van der Waals surface area (Å²) < 4.78 is 77.6. The van der Waals surface area contributed by atoms with Crippen molar-refractivity contribution in [2.24, 2.45) is 5.14 Å². The summed E-state index contributed by atoms with van der Waals surface area (Å²) in [5, 5.41) is 5.80. The first-order valence-corrected chi connectivity index (χ1v) is 9.90. The lowest BCUT2D eigenvalue weighted by molar-refractivity contribution is -0.153. The van der Waals surface area contributed by atoms with Gasteiger partial charge in [-0.1, -0.05) is 11.6 Å². The Bertz CT molecular complexity index is 1190. The van der Waals surface area contributed by atoms with Gasteiger partial charge in [0.05, 0.1) is 19.7 Å². The molecule has 0 aliphatic carbocycles. The van der Waals surface area contributed by atoms with Gasteiger partial charge in [0.1, 0.15) is 4.90 Å². The van der Waals surface area contributed by atoms with E-state index >= 15 is 0 Å². The van der Waals surface area contributed by atoms with Crippen LogP contribution in [0.3, 0.4) is 0 Å². The third kappa shape index (κ3) is 4.37. The number of rotatable bonds is 6. The van der Waals surface area contributed by atoms with E-state index in [-0.39, 0.29) is 38.5 Å². The van der Waals surface area contributed by atoms with Gasteiger partial charge in [-0.2, -0.15) is 23.1 Å². The van der Waals surface area contributed by atoms with Crippen LogP contribution in [-0.2, 0) is 10.0 Å². The van der Waals surface area contributed by atoms with Crippen molar-refractivity contribution in [1.82, 2.24) is 14.5 Å². The molecule has 2 aromatic heterocycles. The lowest BCUT2D eigenvalue weighted by Crippen LogP contribution is -2.20. The lowest BCUT2D eigenvalue weighted by atomic mass is 10.2. The van der Waals surface area contributed by atoms with Crippen LogP contribution in [0.2, 0.25) is 5.02 Å². The van der Waals surface area contributed by atoms with Gasteiger partial charge in [-0.15, -0.1) is 0 Å². The van der Waals surface area contributed by atoms with Crippen LogP contribution in [0.25, 0.3) is 16.9 Å². The first-order valence-electron chi connectivity index (χ1n) is 7.98. The Morgan fingerprint density at radius 1 is 1.17 bits per heavy atom. The van der Waals surface area contributed by atoms with E-state index < -0.39 is 28.6 Å². The largest absolute Gasteiger partial charge is 0.478 e. The van der Waals surface area contributed by atoms with E-state index in [2.05, 4.69) is 9.97 Å². The Kier molecular flexibility index (Phi) is 5.71. The molecule has 0 spiro atoms. The van der Waals surface area contributed by atoms with E-state index in [9.17, 15) is 21.6 Å². The number of hydrogen-bond donors (Lipinski definition) is 1. The summed E-state index contributed by atoms with van der Waals surface area (Å²) in [5.74, 6) is -1.36. The Hall–Kier alpha value is -2.77. The SMILES string of the molecule is COc1nc(-n2cc(S(N)(=O)=O)c3ccc(Cl)cc32)nc(OC)c1OCC(F)(F)F. The summed E-state index contributed by atoms with van der Waals surface area (Å²) in [6.07, 6.45) is -3.47. The number of fused-ring (bicyclic) bond motifs is 1. The number of aromatic nitrogens is 3. The average Bonchev–Trinajstić information content (AvgIpc) is 3.04. The number of halogens is 4. The Labute approximate surface area is 173 Å². The van der Waals surface area contributed by atoms with Gasteiger partial charge in [-0.05, 0) is 18.2 Å². The smallest absolute Gasteiger partial charge is 0.422 e. The van der Waals surface area contributed by atoms with Crippen molar-refractivity contribution in [3.63, 3.8) is 0 Å². The van der Waals surface area contributed by atoms with E-state index in [1.54, 1.807) is 0 Å². The molecule has 0 aliphatic rings. The number of methoxy groups -OCH3 is 2. The third-order valence-corrected chi connectivity index (χ3v) is 4.99. The highest BCUT2D eigenvalue weighted by molar-refractivity contribution is 7.89. The van der Waals surface area contributed by atoms with Gasteiger partial charge in [0.2, 0.25) is 21.7 Å². The molecule has 0 bridgehead atoms. The molecule has 3 rings (SSSR count). The van der Waals surface area contributed by atoms with Crippen molar-refractivity contribution in [3.05, 3.63) is 29.4 Å². The maximum atomic E-state index is 12.6. The van der Waals surface area contributed by atoms with Crippen molar-refractivity contribution < 1.29 is 35.8 Å². The fourth-order valence-corrected chi connectivity index (χ4v) is 3.52. The fourth-order valence-electron chi connectivity index (χ4n) is 2.62. The zero-order valence-corrected chi connectivity index (χ0v) is 17.0. The van der Waals surface area contributed by atoms with Crippen LogP contribution in [0.5, 0.6) is 17.5 Å². The normalized spacial score (nSPS) is 12.2. The van der Waals surface area contributed by atoms with E-state index in [1.807, 2.05) is 0 Å². The summed E-state index contributed by atoms with van der Waals surface area (Å²) >= 11 is 6.02. The number of ether oxygens (including phenoxy) is 3. The van der Waals surface area contributed by atoms with Crippen LogP contribution in [0.4, 0.5) is 13.2 Å². The number of primary sulfonamides is 1. The van der Waals surface area contributed by atoms with E-state index in [0.29, 0.717) is 0 Å². The molecular formula is C16H14ClF3N4O5S. The molecule has 0 aliphatic heterocycles. The summed E-state index contributed by atoms with van der Waals surface area (Å²) in [7, 11) is -1.81. The standard InChI is InChI=1S/C16H14ClF3N4O5S/c1-27-13-12(29-7-16(18,19)20)14(28-2)23-15(22-13)24-6-11(30(21,25)26)9-4-3-8(17)5-10(9)24/h3-6H,7H2,1-2H3,(H2,21,25,26). The van der Waals surface area contributed by atoms with Gasteiger partial charge in [0.25, 0.3) is 11.8 Å². The highest BCUT2D eigenvalue weighted by Gasteiger charge is 2.31. The summed E-state index contributed by atoms with van der Waals surface area (Å²) in [5.41, 5.74) is 0.277. The first-order chi connectivity index (χ1) is 13.9. The molecule has 2 N–H and O–H groups in total. The summed E-state index contributed by atoms with van der Waals surface area (Å²) in [6.45, 7) is -1.62. The van der Waals surface area contributed by atoms with E-state index in [0.717, 1.165) is 20.4 Å². The second-order valence-corrected chi connectivity index (χ2v) is 7.81. The zero-order chi connectivity index (χ0) is 22.3. The first kappa shape index (κ1) is 21.9. The maximum Gasteiger partial charge on any atom is 0.422 e. The Morgan fingerprint density at radius 3 is 2.27 bits per heavy atom. The van der Waals surface area contributed by atoms with Crippen LogP contribution >= 0.6 is 11.6 Å². The molecule has 9 nitrogen and oxygen atoms in total. The number of sulfonamides is 1. The Morgan fingerprint density at radius 2 is 1.77 bits per heavy atom. The number of nitrogens with two attached hydrogens (primary N) is 1. The Balaban J connectivity index is 2.24. The number of benzene rings is 1. The van der Waals surface area contributed by atoms with Crippen molar-refractivity contribution in [3.8, 4) is 23.5 Å². The number of alkyl halides is 3. The zero-order valence-electron chi connectivity index (χ0n) is 15.4. The lowest BCUT2D eigenvalue weighted by Gasteiger charge is -2.15. The monoisotopic (exact) mass is 466 g/mol. The topological polar surface area (TPSA) is 119 Å². The van der Waals surface area contributed by atoms with Crippen molar-refractivity contribution >= 4 is 32.5 Å². The summed E-state index contributed by atoms with van der Waals surface area (Å²) in [6, 6.07) is 4.37. The van der Waals surface area contributed by atoms with E-state index in [4.69, 9.17) is 31.0 Å². The minimum absolute atomic E-state index is 0.176. The van der Waals surface area contributed by atoms with Crippen LogP contribution in [0.1, 0.15) is 0 Å². The molecule has 0 radical (unpaired) electrons. The van der Waals surface area contributed by atoms with Crippen molar-refractivity contribution in [1.29, 1.82) is 0 Å².